The lowest BCUT2D eigenvalue weighted by atomic mass is 9.84. The number of nitrogens with one attached hydrogen (secondary N) is 1. The largest absolute Gasteiger partial charge is 0.493 e. The molecule has 1 aromatic carbocycles. The summed E-state index contributed by atoms with van der Waals surface area (Å²) in [5.41, 5.74) is 1.90. The van der Waals surface area contributed by atoms with Gasteiger partial charge in [-0.05, 0) is 45.3 Å². The molecule has 9 heteroatoms. The maximum absolute atomic E-state index is 13.0. The number of benzene rings is 1. The van der Waals surface area contributed by atoms with Crippen LogP contribution in [0.25, 0.3) is 0 Å². The first-order valence-corrected chi connectivity index (χ1v) is 10.8. The van der Waals surface area contributed by atoms with Crippen molar-refractivity contribution in [2.75, 3.05) is 19.8 Å². The minimum absolute atomic E-state index is 0.0383. The minimum atomic E-state index is -0.593. The summed E-state index contributed by atoms with van der Waals surface area (Å²) in [6.07, 6.45) is 2.86. The molecule has 8 nitrogen and oxygen atoms in total. The van der Waals surface area contributed by atoms with Crippen LogP contribution in [0.2, 0.25) is 0 Å². The van der Waals surface area contributed by atoms with Crippen molar-refractivity contribution >= 4 is 28.8 Å². The fourth-order valence-electron chi connectivity index (χ4n) is 4.03. The topological polar surface area (TPSA) is 93.9 Å². The van der Waals surface area contributed by atoms with E-state index in [1.165, 1.54) is 12.1 Å². The van der Waals surface area contributed by atoms with Crippen molar-refractivity contribution in [3.05, 3.63) is 39.1 Å². The molecule has 0 spiro atoms. The van der Waals surface area contributed by atoms with Crippen molar-refractivity contribution in [3.8, 4) is 11.5 Å². The molecule has 0 amide bonds. The highest BCUT2D eigenvalue weighted by Gasteiger charge is 2.39. The number of ketones is 1. The Bertz CT molecular complexity index is 899. The third-order valence-electron chi connectivity index (χ3n) is 5.20. The van der Waals surface area contributed by atoms with E-state index in [9.17, 15) is 14.9 Å². The summed E-state index contributed by atoms with van der Waals surface area (Å²) >= 11 is 5.61. The van der Waals surface area contributed by atoms with Crippen LogP contribution in [-0.2, 0) is 4.79 Å². The van der Waals surface area contributed by atoms with Gasteiger partial charge in [-0.1, -0.05) is 6.92 Å². The number of ether oxygens (including phenoxy) is 2. The zero-order chi connectivity index (χ0) is 21.8. The summed E-state index contributed by atoms with van der Waals surface area (Å²) in [6.45, 7) is 7.03. The molecule has 0 fully saturated rings. The van der Waals surface area contributed by atoms with E-state index in [2.05, 4.69) is 12.2 Å². The predicted molar refractivity (Wildman–Crippen MR) is 117 cm³/mol. The molecule has 1 atom stereocenters. The summed E-state index contributed by atoms with van der Waals surface area (Å²) in [7, 11) is 0. The van der Waals surface area contributed by atoms with Gasteiger partial charge in [-0.25, -0.2) is 0 Å². The monoisotopic (exact) mass is 433 g/mol. The zero-order valence-electron chi connectivity index (χ0n) is 17.5. The molecule has 1 aromatic rings. The van der Waals surface area contributed by atoms with Gasteiger partial charge in [0.15, 0.2) is 10.9 Å². The second-order valence-electron chi connectivity index (χ2n) is 7.15. The summed E-state index contributed by atoms with van der Waals surface area (Å²) in [4.78, 5) is 26.2. The SMILES string of the molecule is CCCN1C(=S)NC(c2cc([N+](=O)[O-])c(OCC)cc2OCC)C2=C1CCCC2=O. The average Bonchev–Trinajstić information content (AvgIpc) is 2.70. The van der Waals surface area contributed by atoms with Crippen LogP contribution in [0.5, 0.6) is 11.5 Å². The number of rotatable bonds is 8. The second kappa shape index (κ2) is 9.42. The molecule has 1 N–H and O–H groups in total. The summed E-state index contributed by atoms with van der Waals surface area (Å²) < 4.78 is 11.3. The number of hydrogen-bond donors (Lipinski definition) is 1. The Morgan fingerprint density at radius 2 is 1.90 bits per heavy atom. The first-order valence-electron chi connectivity index (χ1n) is 10.3. The summed E-state index contributed by atoms with van der Waals surface area (Å²) in [5.74, 6) is 0.627. The molecule has 1 aliphatic carbocycles. The lowest BCUT2D eigenvalue weighted by Crippen LogP contribution is -2.49. The van der Waals surface area contributed by atoms with Gasteiger partial charge in [0.2, 0.25) is 5.75 Å². The molecule has 0 saturated carbocycles. The van der Waals surface area contributed by atoms with E-state index in [4.69, 9.17) is 21.7 Å². The molecular formula is C21H27N3O5S. The van der Waals surface area contributed by atoms with Crippen molar-refractivity contribution in [1.82, 2.24) is 10.2 Å². The number of allylic oxidation sites excluding steroid dienone is 1. The molecule has 3 rings (SSSR count). The van der Waals surface area contributed by atoms with Gasteiger partial charge in [-0.3, -0.25) is 14.9 Å². The Morgan fingerprint density at radius 1 is 1.20 bits per heavy atom. The molecule has 30 heavy (non-hydrogen) atoms. The maximum Gasteiger partial charge on any atom is 0.311 e. The summed E-state index contributed by atoms with van der Waals surface area (Å²) in [6, 6.07) is 2.39. The first kappa shape index (κ1) is 22.0. The molecule has 0 saturated heterocycles. The van der Waals surface area contributed by atoms with Gasteiger partial charge in [-0.15, -0.1) is 0 Å². The Hall–Kier alpha value is -2.68. The van der Waals surface area contributed by atoms with Crippen molar-refractivity contribution in [3.63, 3.8) is 0 Å². The number of carbonyl (C=O) groups excluding carboxylic acids is 1. The highest BCUT2D eigenvalue weighted by Crippen LogP contribution is 2.44. The number of hydrogen-bond acceptors (Lipinski definition) is 6. The van der Waals surface area contributed by atoms with Gasteiger partial charge in [0, 0.05) is 41.9 Å². The van der Waals surface area contributed by atoms with Crippen LogP contribution in [0.4, 0.5) is 5.69 Å². The average molecular weight is 434 g/mol. The lowest BCUT2D eigenvalue weighted by Gasteiger charge is -2.41. The first-order chi connectivity index (χ1) is 14.4. The molecule has 162 valence electrons. The number of thiocarbonyl (C=S) groups is 1. The van der Waals surface area contributed by atoms with Gasteiger partial charge in [0.1, 0.15) is 5.75 Å². The van der Waals surface area contributed by atoms with E-state index in [0.717, 1.165) is 25.0 Å². The van der Waals surface area contributed by atoms with E-state index in [1.807, 2.05) is 11.8 Å². The van der Waals surface area contributed by atoms with Crippen molar-refractivity contribution in [2.45, 2.75) is 52.5 Å². The van der Waals surface area contributed by atoms with Crippen molar-refractivity contribution in [2.24, 2.45) is 0 Å². The molecule has 1 aliphatic heterocycles. The van der Waals surface area contributed by atoms with Gasteiger partial charge in [-0.2, -0.15) is 0 Å². The van der Waals surface area contributed by atoms with Crippen LogP contribution >= 0.6 is 12.2 Å². The highest BCUT2D eigenvalue weighted by atomic mass is 32.1. The smallest absolute Gasteiger partial charge is 0.311 e. The fourth-order valence-corrected chi connectivity index (χ4v) is 4.35. The van der Waals surface area contributed by atoms with Crippen molar-refractivity contribution in [1.29, 1.82) is 0 Å². The van der Waals surface area contributed by atoms with Gasteiger partial charge in [0.05, 0.1) is 24.2 Å². The molecule has 0 radical (unpaired) electrons. The number of nitro benzene ring substituents is 1. The van der Waals surface area contributed by atoms with E-state index in [1.54, 1.807) is 6.92 Å². The third-order valence-corrected chi connectivity index (χ3v) is 5.54. The van der Waals surface area contributed by atoms with Gasteiger partial charge in [0.25, 0.3) is 0 Å². The number of Topliss-reactive ketones (excluding diaryl/α,β-unsaturated/α-hetero) is 1. The van der Waals surface area contributed by atoms with Gasteiger partial charge >= 0.3 is 5.69 Å². The van der Waals surface area contributed by atoms with Crippen molar-refractivity contribution < 1.29 is 19.2 Å². The van der Waals surface area contributed by atoms with Crippen LogP contribution in [-0.4, -0.2) is 40.5 Å². The van der Waals surface area contributed by atoms with Crippen LogP contribution < -0.4 is 14.8 Å². The van der Waals surface area contributed by atoms with Crippen LogP contribution in [0, 0.1) is 10.1 Å². The van der Waals surface area contributed by atoms with Crippen LogP contribution in [0.15, 0.2) is 23.4 Å². The molecule has 2 aliphatic rings. The molecule has 0 bridgehead atoms. The quantitative estimate of drug-likeness (QED) is 0.373. The Balaban J connectivity index is 2.20. The fraction of sp³-hybridized carbons (Fsp3) is 0.524. The molecule has 1 heterocycles. The Kier molecular flexibility index (Phi) is 6.91. The van der Waals surface area contributed by atoms with E-state index >= 15 is 0 Å². The third kappa shape index (κ3) is 4.12. The Labute approximate surface area is 181 Å². The minimum Gasteiger partial charge on any atom is -0.493 e. The van der Waals surface area contributed by atoms with E-state index < -0.39 is 11.0 Å². The van der Waals surface area contributed by atoms with Crippen LogP contribution in [0.3, 0.4) is 0 Å². The highest BCUT2D eigenvalue weighted by molar-refractivity contribution is 7.80. The van der Waals surface area contributed by atoms with E-state index in [0.29, 0.717) is 41.6 Å². The van der Waals surface area contributed by atoms with Crippen LogP contribution in [0.1, 0.15) is 58.1 Å². The molecular weight excluding hydrogens is 406 g/mol. The van der Waals surface area contributed by atoms with Gasteiger partial charge < -0.3 is 19.7 Å². The second-order valence-corrected chi connectivity index (χ2v) is 7.54. The predicted octanol–water partition coefficient (Wildman–Crippen LogP) is 4.04. The normalized spacial score (nSPS) is 18.8. The number of nitrogens with zero attached hydrogens (tertiary/aromatic N) is 2. The maximum atomic E-state index is 13.0. The lowest BCUT2D eigenvalue weighted by molar-refractivity contribution is -0.385. The standard InChI is InChI=1S/C21H27N3O5S/c1-4-10-23-14-8-7-9-16(25)19(14)20(22-21(23)30)13-11-15(24(26)27)18(29-6-3)12-17(13)28-5-2/h11-12,20H,4-10H2,1-3H3,(H,22,30). The molecule has 0 aromatic heterocycles. The summed E-state index contributed by atoms with van der Waals surface area (Å²) in [5, 5.41) is 15.5. The number of nitro groups is 1. The van der Waals surface area contributed by atoms with E-state index in [-0.39, 0.29) is 23.8 Å². The zero-order valence-corrected chi connectivity index (χ0v) is 18.3. The Morgan fingerprint density at radius 3 is 2.53 bits per heavy atom. The number of carbonyl (C=O) groups is 1. The molecule has 1 unspecified atom stereocenters.